The lowest BCUT2D eigenvalue weighted by molar-refractivity contribution is -0.903. The van der Waals surface area contributed by atoms with Gasteiger partial charge in [-0.15, -0.1) is 11.3 Å². The van der Waals surface area contributed by atoms with Crippen LogP contribution in [0.2, 0.25) is 0 Å². The van der Waals surface area contributed by atoms with E-state index in [-0.39, 0.29) is 0 Å². The Labute approximate surface area is 124 Å². The van der Waals surface area contributed by atoms with Gasteiger partial charge < -0.3 is 10.2 Å². The second-order valence-corrected chi connectivity index (χ2v) is 6.91. The highest BCUT2D eigenvalue weighted by Crippen LogP contribution is 2.32. The average molecular weight is 291 g/mol. The number of fused-ring (bicyclic) bond motifs is 1. The van der Waals surface area contributed by atoms with Crippen molar-refractivity contribution in [2.24, 2.45) is 0 Å². The van der Waals surface area contributed by atoms with Crippen molar-refractivity contribution in [3.63, 3.8) is 0 Å². The summed E-state index contributed by atoms with van der Waals surface area (Å²) >= 11 is 1.76. The normalized spacial score (nSPS) is 23.1. The van der Waals surface area contributed by atoms with Crippen molar-refractivity contribution in [3.8, 4) is 0 Å². The molecule has 1 fully saturated rings. The van der Waals surface area contributed by atoms with Crippen LogP contribution in [0.3, 0.4) is 0 Å². The standard InChI is InChI=1S/C15H22N4S/c1-4-19-7-5-12(6-8-19)18-14-13-10(2)11(3)20-15(13)17-9-16-14/h9,12H,4-8H2,1-3H3,(H,16,17,18)/p+1. The van der Waals surface area contributed by atoms with E-state index in [4.69, 9.17) is 0 Å². The quantitative estimate of drug-likeness (QED) is 0.906. The molecule has 5 heteroatoms. The smallest absolute Gasteiger partial charge is 0.138 e. The molecule has 0 bridgehead atoms. The van der Waals surface area contributed by atoms with Crippen LogP contribution in [-0.2, 0) is 0 Å². The van der Waals surface area contributed by atoms with Gasteiger partial charge in [-0.25, -0.2) is 9.97 Å². The minimum Gasteiger partial charge on any atom is -0.366 e. The van der Waals surface area contributed by atoms with Crippen molar-refractivity contribution in [2.75, 3.05) is 25.0 Å². The number of anilines is 1. The Morgan fingerprint density at radius 3 is 2.75 bits per heavy atom. The van der Waals surface area contributed by atoms with Crippen molar-refractivity contribution in [3.05, 3.63) is 16.8 Å². The number of aromatic nitrogens is 2. The molecule has 0 aromatic carbocycles. The molecule has 3 rings (SSSR count). The lowest BCUT2D eigenvalue weighted by Crippen LogP contribution is -3.13. The van der Waals surface area contributed by atoms with Gasteiger partial charge in [-0.05, 0) is 26.3 Å². The van der Waals surface area contributed by atoms with E-state index in [1.807, 2.05) is 0 Å². The molecule has 2 aromatic rings. The van der Waals surface area contributed by atoms with Crippen LogP contribution in [0.15, 0.2) is 6.33 Å². The van der Waals surface area contributed by atoms with Gasteiger partial charge in [-0.3, -0.25) is 0 Å². The van der Waals surface area contributed by atoms with Crippen LogP contribution >= 0.6 is 11.3 Å². The minimum absolute atomic E-state index is 0.558. The van der Waals surface area contributed by atoms with Crippen molar-refractivity contribution in [2.45, 2.75) is 39.7 Å². The summed E-state index contributed by atoms with van der Waals surface area (Å²) in [6.07, 6.45) is 4.15. The molecule has 20 heavy (non-hydrogen) atoms. The van der Waals surface area contributed by atoms with Gasteiger partial charge in [0, 0.05) is 23.8 Å². The maximum absolute atomic E-state index is 4.49. The zero-order valence-corrected chi connectivity index (χ0v) is 13.3. The number of quaternary nitrogens is 1. The number of rotatable bonds is 3. The molecule has 0 saturated carbocycles. The third-order valence-electron chi connectivity index (χ3n) is 4.50. The zero-order chi connectivity index (χ0) is 14.1. The summed E-state index contributed by atoms with van der Waals surface area (Å²) in [6.45, 7) is 10.4. The van der Waals surface area contributed by atoms with Crippen LogP contribution < -0.4 is 10.2 Å². The van der Waals surface area contributed by atoms with Crippen molar-refractivity contribution in [1.29, 1.82) is 0 Å². The zero-order valence-electron chi connectivity index (χ0n) is 12.5. The summed E-state index contributed by atoms with van der Waals surface area (Å²) in [6, 6.07) is 0.558. The van der Waals surface area contributed by atoms with E-state index >= 15 is 0 Å². The third-order valence-corrected chi connectivity index (χ3v) is 5.61. The van der Waals surface area contributed by atoms with Gasteiger partial charge in [0.1, 0.15) is 17.0 Å². The van der Waals surface area contributed by atoms with Gasteiger partial charge in [0.25, 0.3) is 0 Å². The highest BCUT2D eigenvalue weighted by atomic mass is 32.1. The van der Waals surface area contributed by atoms with Gasteiger partial charge in [0.2, 0.25) is 0 Å². The van der Waals surface area contributed by atoms with E-state index < -0.39 is 0 Å². The van der Waals surface area contributed by atoms with Crippen LogP contribution in [-0.4, -0.2) is 35.6 Å². The molecule has 2 aromatic heterocycles. The molecule has 3 heterocycles. The van der Waals surface area contributed by atoms with Crippen molar-refractivity contribution >= 4 is 27.4 Å². The number of piperidine rings is 1. The molecule has 4 nitrogen and oxygen atoms in total. The lowest BCUT2D eigenvalue weighted by atomic mass is 10.0. The van der Waals surface area contributed by atoms with Crippen LogP contribution in [0.1, 0.15) is 30.2 Å². The number of likely N-dealkylation sites (tertiary alicyclic amines) is 1. The van der Waals surface area contributed by atoms with Gasteiger partial charge in [0.15, 0.2) is 0 Å². The molecule has 0 spiro atoms. The summed E-state index contributed by atoms with van der Waals surface area (Å²) in [5.41, 5.74) is 1.32. The Balaban J connectivity index is 1.81. The maximum Gasteiger partial charge on any atom is 0.138 e. The topological polar surface area (TPSA) is 42.2 Å². The van der Waals surface area contributed by atoms with Crippen molar-refractivity contribution in [1.82, 2.24) is 9.97 Å². The molecule has 0 amide bonds. The van der Waals surface area contributed by atoms with Gasteiger partial charge in [-0.2, -0.15) is 0 Å². The maximum atomic E-state index is 4.49. The predicted molar refractivity (Wildman–Crippen MR) is 84.8 cm³/mol. The molecule has 1 aliphatic heterocycles. The predicted octanol–water partition coefficient (Wildman–Crippen LogP) is 1.79. The van der Waals surface area contributed by atoms with E-state index in [1.165, 1.54) is 48.3 Å². The molecule has 0 unspecified atom stereocenters. The number of nitrogens with zero attached hydrogens (tertiary/aromatic N) is 2. The molecule has 2 N–H and O–H groups in total. The molecule has 0 radical (unpaired) electrons. The van der Waals surface area contributed by atoms with Crippen molar-refractivity contribution < 1.29 is 4.90 Å². The fraction of sp³-hybridized carbons (Fsp3) is 0.600. The molecule has 0 aliphatic carbocycles. The lowest BCUT2D eigenvalue weighted by Gasteiger charge is -2.29. The fourth-order valence-corrected chi connectivity index (χ4v) is 4.01. The Morgan fingerprint density at radius 2 is 2.05 bits per heavy atom. The van der Waals surface area contributed by atoms with Gasteiger partial charge >= 0.3 is 0 Å². The average Bonchev–Trinajstić information content (AvgIpc) is 2.76. The highest BCUT2D eigenvalue weighted by molar-refractivity contribution is 7.18. The number of nitrogens with one attached hydrogen (secondary N) is 2. The first kappa shape index (κ1) is 13.8. The van der Waals surface area contributed by atoms with E-state index in [0.29, 0.717) is 6.04 Å². The minimum atomic E-state index is 0.558. The second kappa shape index (κ2) is 5.66. The van der Waals surface area contributed by atoms with E-state index in [0.717, 1.165) is 10.6 Å². The number of hydrogen-bond acceptors (Lipinski definition) is 4. The number of thiophene rings is 1. The Hall–Kier alpha value is -1.20. The summed E-state index contributed by atoms with van der Waals surface area (Å²) in [7, 11) is 0. The Morgan fingerprint density at radius 1 is 1.30 bits per heavy atom. The van der Waals surface area contributed by atoms with Gasteiger partial charge in [-0.1, -0.05) is 0 Å². The summed E-state index contributed by atoms with van der Waals surface area (Å²) in [4.78, 5) is 13.1. The summed E-state index contributed by atoms with van der Waals surface area (Å²) in [5, 5.41) is 4.89. The molecular weight excluding hydrogens is 268 g/mol. The van der Waals surface area contributed by atoms with Crippen LogP contribution in [0.25, 0.3) is 10.2 Å². The highest BCUT2D eigenvalue weighted by Gasteiger charge is 2.22. The molecule has 1 saturated heterocycles. The SMILES string of the molecule is CC[NH+]1CCC(Nc2ncnc3sc(C)c(C)c23)CC1. The first-order valence-corrected chi connectivity index (χ1v) is 8.31. The Kier molecular flexibility index (Phi) is 3.89. The molecule has 0 atom stereocenters. The van der Waals surface area contributed by atoms with E-state index in [9.17, 15) is 0 Å². The molecule has 108 valence electrons. The number of hydrogen-bond donors (Lipinski definition) is 2. The number of aryl methyl sites for hydroxylation is 2. The molecule has 1 aliphatic rings. The second-order valence-electron chi connectivity index (χ2n) is 5.71. The summed E-state index contributed by atoms with van der Waals surface area (Å²) < 4.78 is 0. The fourth-order valence-electron chi connectivity index (χ4n) is 3.01. The van der Waals surface area contributed by atoms with Crippen LogP contribution in [0.5, 0.6) is 0 Å². The van der Waals surface area contributed by atoms with Crippen LogP contribution in [0, 0.1) is 13.8 Å². The van der Waals surface area contributed by atoms with Gasteiger partial charge in [0.05, 0.1) is 25.0 Å². The Bertz CT molecular complexity index is 599. The van der Waals surface area contributed by atoms with Crippen LogP contribution in [0.4, 0.5) is 5.82 Å². The first-order chi connectivity index (χ1) is 9.69. The third kappa shape index (κ3) is 2.52. The largest absolute Gasteiger partial charge is 0.366 e. The van der Waals surface area contributed by atoms with E-state index in [2.05, 4.69) is 36.1 Å². The molecular formula is C15H23N4S+. The van der Waals surface area contributed by atoms with E-state index in [1.54, 1.807) is 22.6 Å². The summed E-state index contributed by atoms with van der Waals surface area (Å²) in [5.74, 6) is 1.03. The first-order valence-electron chi connectivity index (χ1n) is 7.49. The monoisotopic (exact) mass is 291 g/mol.